The fraction of sp³-hybridized carbons (Fsp3) is 0.318. The van der Waals surface area contributed by atoms with Gasteiger partial charge >= 0.3 is 0 Å². The van der Waals surface area contributed by atoms with Gasteiger partial charge in [0.1, 0.15) is 0 Å². The van der Waals surface area contributed by atoms with Crippen LogP contribution < -0.4 is 0 Å². The number of ether oxygens (including phenoxy) is 1. The molecular weight excluding hydrogens is 338 g/mol. The average molecular weight is 361 g/mol. The van der Waals surface area contributed by atoms with Crippen molar-refractivity contribution < 1.29 is 9.53 Å². The zero-order valence-corrected chi connectivity index (χ0v) is 15.9. The van der Waals surface area contributed by atoms with Crippen molar-refractivity contribution in [1.29, 1.82) is 0 Å². The Bertz CT molecular complexity index is 997. The Morgan fingerprint density at radius 2 is 2.00 bits per heavy atom. The van der Waals surface area contributed by atoms with Gasteiger partial charge < -0.3 is 9.64 Å². The van der Waals surface area contributed by atoms with Crippen LogP contribution in [0.25, 0.3) is 22.3 Å². The van der Waals surface area contributed by atoms with E-state index in [4.69, 9.17) is 9.72 Å². The predicted octanol–water partition coefficient (Wildman–Crippen LogP) is 3.71. The minimum Gasteiger partial charge on any atom is -0.380 e. The largest absolute Gasteiger partial charge is 0.380 e. The molecule has 0 N–H and O–H groups in total. The second kappa shape index (κ2) is 6.74. The van der Waals surface area contributed by atoms with Crippen molar-refractivity contribution in [2.75, 3.05) is 26.8 Å². The van der Waals surface area contributed by atoms with Crippen LogP contribution in [0, 0.1) is 12.3 Å². The van der Waals surface area contributed by atoms with Gasteiger partial charge in [0, 0.05) is 30.6 Å². The van der Waals surface area contributed by atoms with Crippen LogP contribution in [0.2, 0.25) is 0 Å². The maximum atomic E-state index is 13.3. The molecule has 3 aromatic rings. The second-order valence-electron chi connectivity index (χ2n) is 7.71. The van der Waals surface area contributed by atoms with Crippen molar-refractivity contribution in [2.24, 2.45) is 5.41 Å². The SMILES string of the molecule is Cc1cccc2c(C(=O)N(C)CC3(C)COC3)cc(-c3ccccn3)nc12. The Balaban J connectivity index is 1.80. The number of amides is 1. The van der Waals surface area contributed by atoms with Gasteiger partial charge in [0.15, 0.2) is 0 Å². The van der Waals surface area contributed by atoms with Crippen LogP contribution in [0.3, 0.4) is 0 Å². The molecule has 27 heavy (non-hydrogen) atoms. The van der Waals surface area contributed by atoms with E-state index >= 15 is 0 Å². The molecule has 0 radical (unpaired) electrons. The lowest BCUT2D eigenvalue weighted by molar-refractivity contribution is -0.109. The summed E-state index contributed by atoms with van der Waals surface area (Å²) in [5, 5.41) is 0.876. The molecule has 0 aliphatic carbocycles. The maximum Gasteiger partial charge on any atom is 0.254 e. The summed E-state index contributed by atoms with van der Waals surface area (Å²) in [6.07, 6.45) is 1.74. The van der Waals surface area contributed by atoms with Crippen LogP contribution in [-0.4, -0.2) is 47.6 Å². The molecule has 0 spiro atoms. The zero-order chi connectivity index (χ0) is 19.0. The Morgan fingerprint density at radius 1 is 1.19 bits per heavy atom. The molecule has 0 atom stereocenters. The molecule has 5 heteroatoms. The van der Waals surface area contributed by atoms with Gasteiger partial charge in [-0.1, -0.05) is 31.2 Å². The molecule has 1 aromatic carbocycles. The number of para-hydroxylation sites is 1. The third-order valence-electron chi connectivity index (χ3n) is 5.07. The van der Waals surface area contributed by atoms with Crippen LogP contribution in [0.15, 0.2) is 48.7 Å². The summed E-state index contributed by atoms with van der Waals surface area (Å²) < 4.78 is 5.33. The molecule has 138 valence electrons. The molecular formula is C22H23N3O2. The highest BCUT2D eigenvalue weighted by Gasteiger charge is 2.36. The van der Waals surface area contributed by atoms with E-state index in [-0.39, 0.29) is 11.3 Å². The number of rotatable bonds is 4. The summed E-state index contributed by atoms with van der Waals surface area (Å²) in [5.74, 6) is -0.00157. The molecule has 1 aliphatic heterocycles. The number of hydrogen-bond acceptors (Lipinski definition) is 4. The lowest BCUT2D eigenvalue weighted by atomic mass is 9.88. The number of fused-ring (bicyclic) bond motifs is 1. The first-order valence-corrected chi connectivity index (χ1v) is 9.12. The van der Waals surface area contributed by atoms with Crippen molar-refractivity contribution in [3.63, 3.8) is 0 Å². The number of carbonyl (C=O) groups is 1. The van der Waals surface area contributed by atoms with E-state index in [1.54, 1.807) is 11.1 Å². The van der Waals surface area contributed by atoms with Gasteiger partial charge in [-0.15, -0.1) is 0 Å². The van der Waals surface area contributed by atoms with Gasteiger partial charge in [-0.2, -0.15) is 0 Å². The van der Waals surface area contributed by atoms with Crippen LogP contribution in [-0.2, 0) is 4.74 Å². The normalized spacial score (nSPS) is 15.4. The molecule has 5 nitrogen and oxygen atoms in total. The molecule has 3 heterocycles. The van der Waals surface area contributed by atoms with Crippen LogP contribution in [0.4, 0.5) is 0 Å². The van der Waals surface area contributed by atoms with E-state index in [9.17, 15) is 4.79 Å². The fourth-order valence-electron chi connectivity index (χ4n) is 3.61. The third-order valence-corrected chi connectivity index (χ3v) is 5.07. The van der Waals surface area contributed by atoms with Crippen LogP contribution in [0.5, 0.6) is 0 Å². The van der Waals surface area contributed by atoms with Gasteiger partial charge in [-0.05, 0) is 30.7 Å². The first kappa shape index (κ1) is 17.6. The molecule has 1 saturated heterocycles. The summed E-state index contributed by atoms with van der Waals surface area (Å²) in [6.45, 7) is 6.22. The van der Waals surface area contributed by atoms with Crippen LogP contribution >= 0.6 is 0 Å². The standard InChI is InChI=1S/C22H23N3O2/c1-15-7-6-8-16-17(21(26)25(3)12-22(2)13-27-14-22)11-19(24-20(15)16)18-9-4-5-10-23-18/h4-11H,12-14H2,1-3H3. The molecule has 1 aliphatic rings. The number of carbonyl (C=O) groups excluding carboxylic acids is 1. The quantitative estimate of drug-likeness (QED) is 0.711. The molecule has 0 unspecified atom stereocenters. The van der Waals surface area contributed by atoms with E-state index in [0.29, 0.717) is 31.0 Å². The molecule has 0 bridgehead atoms. The lowest BCUT2D eigenvalue weighted by Crippen LogP contribution is -2.49. The minimum atomic E-state index is -0.00157. The number of pyridine rings is 2. The van der Waals surface area contributed by atoms with Gasteiger partial charge in [0.2, 0.25) is 0 Å². The first-order valence-electron chi connectivity index (χ1n) is 9.12. The third kappa shape index (κ3) is 3.30. The topological polar surface area (TPSA) is 55.3 Å². The smallest absolute Gasteiger partial charge is 0.254 e. The molecule has 2 aromatic heterocycles. The monoisotopic (exact) mass is 361 g/mol. The van der Waals surface area contributed by atoms with Gasteiger partial charge in [0.05, 0.1) is 35.7 Å². The molecule has 0 saturated carbocycles. The van der Waals surface area contributed by atoms with Gasteiger partial charge in [0.25, 0.3) is 5.91 Å². The second-order valence-corrected chi connectivity index (χ2v) is 7.71. The van der Waals surface area contributed by atoms with E-state index in [0.717, 1.165) is 22.2 Å². The molecule has 4 rings (SSSR count). The van der Waals surface area contributed by atoms with Crippen molar-refractivity contribution in [1.82, 2.24) is 14.9 Å². The van der Waals surface area contributed by atoms with Crippen molar-refractivity contribution in [3.8, 4) is 11.4 Å². The summed E-state index contributed by atoms with van der Waals surface area (Å²) in [4.78, 5) is 24.3. The van der Waals surface area contributed by atoms with Gasteiger partial charge in [-0.25, -0.2) is 4.98 Å². The number of nitrogens with zero attached hydrogens (tertiary/aromatic N) is 3. The maximum absolute atomic E-state index is 13.3. The minimum absolute atomic E-state index is 0.00157. The van der Waals surface area contributed by atoms with Gasteiger partial charge in [-0.3, -0.25) is 9.78 Å². The van der Waals surface area contributed by atoms with Crippen molar-refractivity contribution in [3.05, 3.63) is 59.8 Å². The fourth-order valence-corrected chi connectivity index (χ4v) is 3.61. The highest BCUT2D eigenvalue weighted by Crippen LogP contribution is 2.30. The Labute approximate surface area is 159 Å². The summed E-state index contributed by atoms with van der Waals surface area (Å²) in [5.41, 5.74) is 4.06. The average Bonchev–Trinajstić information content (AvgIpc) is 2.66. The van der Waals surface area contributed by atoms with Crippen molar-refractivity contribution >= 4 is 16.8 Å². The summed E-state index contributed by atoms with van der Waals surface area (Å²) >= 11 is 0. The van der Waals surface area contributed by atoms with Crippen LogP contribution in [0.1, 0.15) is 22.8 Å². The summed E-state index contributed by atoms with van der Waals surface area (Å²) in [7, 11) is 1.86. The Kier molecular flexibility index (Phi) is 4.40. The summed E-state index contributed by atoms with van der Waals surface area (Å²) in [6, 6.07) is 13.5. The number of aromatic nitrogens is 2. The first-order chi connectivity index (χ1) is 13.0. The highest BCUT2D eigenvalue weighted by molar-refractivity contribution is 6.07. The Hall–Kier alpha value is -2.79. The predicted molar refractivity (Wildman–Crippen MR) is 106 cm³/mol. The number of hydrogen-bond donors (Lipinski definition) is 0. The van der Waals surface area contributed by atoms with E-state index < -0.39 is 0 Å². The van der Waals surface area contributed by atoms with E-state index in [1.807, 2.05) is 56.4 Å². The number of benzene rings is 1. The molecule has 1 amide bonds. The Morgan fingerprint density at radius 3 is 2.67 bits per heavy atom. The number of aryl methyl sites for hydroxylation is 1. The molecule has 1 fully saturated rings. The zero-order valence-electron chi connectivity index (χ0n) is 15.9. The van der Waals surface area contributed by atoms with E-state index in [1.165, 1.54) is 0 Å². The lowest BCUT2D eigenvalue weighted by Gasteiger charge is -2.40. The van der Waals surface area contributed by atoms with Crippen molar-refractivity contribution in [2.45, 2.75) is 13.8 Å². The van der Waals surface area contributed by atoms with E-state index in [2.05, 4.69) is 11.9 Å². The highest BCUT2D eigenvalue weighted by atomic mass is 16.5.